The van der Waals surface area contributed by atoms with Crippen LogP contribution in [0.5, 0.6) is 0 Å². The molecular formula is C17H15F3N4O3. The summed E-state index contributed by atoms with van der Waals surface area (Å²) in [5.74, 6) is -0.0933. The lowest BCUT2D eigenvalue weighted by molar-refractivity contribution is -0.182. The number of aryl methyl sites for hydroxylation is 1. The number of carbonyl (C=O) groups excluding carboxylic acids is 1. The van der Waals surface area contributed by atoms with Gasteiger partial charge < -0.3 is 14.6 Å². The standard InChI is InChI=1S/C17H15F3N4O3/c1-11-2-4-12(5-3-11)15-6-14(23-27-15)16(25)22-13-7-21-24(8-13)10-26-9-17(18,19)20/h2-8H,9-10H2,1H3,(H,22,25). The van der Waals surface area contributed by atoms with Crippen molar-refractivity contribution in [2.24, 2.45) is 0 Å². The highest BCUT2D eigenvalue weighted by Gasteiger charge is 2.27. The molecule has 0 unspecified atom stereocenters. The van der Waals surface area contributed by atoms with Crippen LogP contribution >= 0.6 is 0 Å². The Morgan fingerprint density at radius 2 is 2.04 bits per heavy atom. The minimum Gasteiger partial charge on any atom is -0.355 e. The van der Waals surface area contributed by atoms with Crippen molar-refractivity contribution in [1.82, 2.24) is 14.9 Å². The molecule has 1 aromatic carbocycles. The van der Waals surface area contributed by atoms with Gasteiger partial charge in [0, 0.05) is 11.6 Å². The highest BCUT2D eigenvalue weighted by atomic mass is 19.4. The Kier molecular flexibility index (Phi) is 5.26. The lowest BCUT2D eigenvalue weighted by Crippen LogP contribution is -2.18. The van der Waals surface area contributed by atoms with E-state index in [0.717, 1.165) is 15.8 Å². The summed E-state index contributed by atoms with van der Waals surface area (Å²) in [4.78, 5) is 12.2. The third kappa shape index (κ3) is 5.17. The number of benzene rings is 1. The van der Waals surface area contributed by atoms with E-state index in [1.165, 1.54) is 18.5 Å². The second kappa shape index (κ2) is 7.62. The number of rotatable bonds is 6. The zero-order chi connectivity index (χ0) is 19.4. The SMILES string of the molecule is Cc1ccc(-c2cc(C(=O)Nc3cnn(COCC(F)(F)F)c3)no2)cc1. The molecule has 1 amide bonds. The van der Waals surface area contributed by atoms with E-state index in [1.54, 1.807) is 0 Å². The fourth-order valence-electron chi connectivity index (χ4n) is 2.18. The van der Waals surface area contributed by atoms with Crippen LogP contribution in [0.25, 0.3) is 11.3 Å². The number of amides is 1. The molecule has 0 atom stereocenters. The molecule has 10 heteroatoms. The van der Waals surface area contributed by atoms with Gasteiger partial charge in [0.1, 0.15) is 13.3 Å². The summed E-state index contributed by atoms with van der Waals surface area (Å²) in [6, 6.07) is 9.02. The van der Waals surface area contributed by atoms with E-state index < -0.39 is 25.4 Å². The Labute approximate surface area is 151 Å². The number of anilines is 1. The molecule has 7 nitrogen and oxygen atoms in total. The fraction of sp³-hybridized carbons (Fsp3) is 0.235. The van der Waals surface area contributed by atoms with Crippen molar-refractivity contribution in [2.45, 2.75) is 19.8 Å². The summed E-state index contributed by atoms with van der Waals surface area (Å²) in [5.41, 5.74) is 2.22. The average Bonchev–Trinajstić information content (AvgIpc) is 3.24. The van der Waals surface area contributed by atoms with Crippen molar-refractivity contribution in [3.8, 4) is 11.3 Å². The van der Waals surface area contributed by atoms with Crippen LogP contribution in [0.15, 0.2) is 47.2 Å². The molecule has 0 spiro atoms. The first-order chi connectivity index (χ1) is 12.8. The summed E-state index contributed by atoms with van der Waals surface area (Å²) in [5, 5.41) is 10.1. The molecule has 0 bridgehead atoms. The molecule has 0 saturated carbocycles. The van der Waals surface area contributed by atoms with E-state index in [4.69, 9.17) is 4.52 Å². The largest absolute Gasteiger partial charge is 0.411 e. The molecule has 0 radical (unpaired) electrons. The smallest absolute Gasteiger partial charge is 0.355 e. The molecule has 0 aliphatic carbocycles. The molecule has 3 rings (SSSR count). The van der Waals surface area contributed by atoms with Gasteiger partial charge in [-0.15, -0.1) is 0 Å². The Bertz CT molecular complexity index is 916. The van der Waals surface area contributed by atoms with Gasteiger partial charge in [-0.1, -0.05) is 35.0 Å². The van der Waals surface area contributed by atoms with E-state index in [1.807, 2.05) is 31.2 Å². The Morgan fingerprint density at radius 1 is 1.30 bits per heavy atom. The first-order valence-corrected chi connectivity index (χ1v) is 7.82. The number of nitrogens with zero attached hydrogens (tertiary/aromatic N) is 3. The average molecular weight is 380 g/mol. The van der Waals surface area contributed by atoms with Gasteiger partial charge in [-0.25, -0.2) is 4.68 Å². The van der Waals surface area contributed by atoms with E-state index in [9.17, 15) is 18.0 Å². The summed E-state index contributed by atoms with van der Waals surface area (Å²) >= 11 is 0. The van der Waals surface area contributed by atoms with Crippen molar-refractivity contribution >= 4 is 11.6 Å². The molecule has 2 aromatic heterocycles. The fourth-order valence-corrected chi connectivity index (χ4v) is 2.18. The minimum atomic E-state index is -4.41. The van der Waals surface area contributed by atoms with Crippen molar-refractivity contribution in [2.75, 3.05) is 11.9 Å². The first-order valence-electron chi connectivity index (χ1n) is 7.82. The molecular weight excluding hydrogens is 365 g/mol. The summed E-state index contributed by atoms with van der Waals surface area (Å²) in [7, 11) is 0. The predicted molar refractivity (Wildman–Crippen MR) is 88.9 cm³/mol. The molecule has 142 valence electrons. The van der Waals surface area contributed by atoms with Crippen molar-refractivity contribution in [1.29, 1.82) is 0 Å². The lowest BCUT2D eigenvalue weighted by Gasteiger charge is -2.07. The molecule has 2 heterocycles. The molecule has 0 fully saturated rings. The summed E-state index contributed by atoms with van der Waals surface area (Å²) in [6.45, 7) is 0.184. The van der Waals surface area contributed by atoms with Gasteiger partial charge in [-0.2, -0.15) is 18.3 Å². The topological polar surface area (TPSA) is 82.2 Å². The summed E-state index contributed by atoms with van der Waals surface area (Å²) < 4.78 is 46.9. The molecule has 0 aliphatic rings. The molecule has 0 aliphatic heterocycles. The van der Waals surface area contributed by atoms with Gasteiger partial charge in [0.2, 0.25) is 0 Å². The van der Waals surface area contributed by atoms with Crippen LogP contribution in [0, 0.1) is 6.92 Å². The molecule has 0 saturated heterocycles. The van der Waals surface area contributed by atoms with Crippen LogP contribution in [0.3, 0.4) is 0 Å². The van der Waals surface area contributed by atoms with Crippen LogP contribution in [-0.4, -0.2) is 33.6 Å². The van der Waals surface area contributed by atoms with Crippen molar-refractivity contribution in [3.05, 3.63) is 54.0 Å². The zero-order valence-corrected chi connectivity index (χ0v) is 14.2. The van der Waals surface area contributed by atoms with Crippen LogP contribution in [0.2, 0.25) is 0 Å². The molecule has 27 heavy (non-hydrogen) atoms. The molecule has 3 aromatic rings. The molecule has 1 N–H and O–H groups in total. The van der Waals surface area contributed by atoms with Crippen LogP contribution < -0.4 is 5.32 Å². The normalized spacial score (nSPS) is 11.6. The second-order valence-electron chi connectivity index (χ2n) is 5.76. The van der Waals surface area contributed by atoms with E-state index >= 15 is 0 Å². The van der Waals surface area contributed by atoms with Crippen molar-refractivity contribution < 1.29 is 27.2 Å². The monoisotopic (exact) mass is 380 g/mol. The number of alkyl halides is 3. The lowest BCUT2D eigenvalue weighted by atomic mass is 10.1. The quantitative estimate of drug-likeness (QED) is 0.706. The number of aromatic nitrogens is 3. The third-order valence-electron chi connectivity index (χ3n) is 3.46. The van der Waals surface area contributed by atoms with Gasteiger partial charge in [0.15, 0.2) is 11.5 Å². The van der Waals surface area contributed by atoms with E-state index in [-0.39, 0.29) is 11.4 Å². The van der Waals surface area contributed by atoms with Gasteiger partial charge in [-0.3, -0.25) is 4.79 Å². The van der Waals surface area contributed by atoms with E-state index in [0.29, 0.717) is 5.76 Å². The van der Waals surface area contributed by atoms with Gasteiger partial charge in [0.25, 0.3) is 5.91 Å². The van der Waals surface area contributed by atoms with Crippen molar-refractivity contribution in [3.63, 3.8) is 0 Å². The summed E-state index contributed by atoms with van der Waals surface area (Å²) in [6.07, 6.45) is -1.78. The van der Waals surface area contributed by atoms with Crippen LogP contribution in [0.1, 0.15) is 16.1 Å². The third-order valence-corrected chi connectivity index (χ3v) is 3.46. The highest BCUT2D eigenvalue weighted by molar-refractivity contribution is 6.03. The Morgan fingerprint density at radius 3 is 2.74 bits per heavy atom. The van der Waals surface area contributed by atoms with Crippen LogP contribution in [-0.2, 0) is 11.5 Å². The zero-order valence-electron chi connectivity index (χ0n) is 14.2. The van der Waals surface area contributed by atoms with Gasteiger partial charge in [0.05, 0.1) is 18.1 Å². The Balaban J connectivity index is 1.59. The number of nitrogens with one attached hydrogen (secondary N) is 1. The second-order valence-corrected chi connectivity index (χ2v) is 5.76. The maximum Gasteiger partial charge on any atom is 0.411 e. The van der Waals surface area contributed by atoms with Crippen LogP contribution in [0.4, 0.5) is 18.9 Å². The predicted octanol–water partition coefficient (Wildman–Crippen LogP) is 3.64. The number of carbonyl (C=O) groups is 1. The number of ether oxygens (including phenoxy) is 1. The number of halogens is 3. The number of hydrogen-bond acceptors (Lipinski definition) is 5. The van der Waals surface area contributed by atoms with Gasteiger partial charge in [-0.05, 0) is 6.92 Å². The van der Waals surface area contributed by atoms with E-state index in [2.05, 4.69) is 20.3 Å². The maximum atomic E-state index is 12.2. The minimum absolute atomic E-state index is 0.0617. The number of hydrogen-bond donors (Lipinski definition) is 1. The maximum absolute atomic E-state index is 12.2. The highest BCUT2D eigenvalue weighted by Crippen LogP contribution is 2.21. The first kappa shape index (κ1) is 18.6. The van der Waals surface area contributed by atoms with Gasteiger partial charge >= 0.3 is 6.18 Å². The Hall–Kier alpha value is -3.14.